The number of carbonyl (C=O) groups excluding carboxylic acids is 2. The highest BCUT2D eigenvalue weighted by atomic mass is 16.5. The summed E-state index contributed by atoms with van der Waals surface area (Å²) >= 11 is 0. The first kappa shape index (κ1) is 60.3. The molecule has 62 heavy (non-hydrogen) atoms. The summed E-state index contributed by atoms with van der Waals surface area (Å²) in [4.78, 5) is 24.4. The number of amides is 1. The normalized spacial score (nSPS) is 12.8. The van der Waals surface area contributed by atoms with Gasteiger partial charge in [0.05, 0.1) is 25.4 Å². The molecule has 0 saturated heterocycles. The maximum atomic E-state index is 12.4. The molecule has 2 unspecified atom stereocenters. The first-order valence-corrected chi connectivity index (χ1v) is 27.6. The first-order valence-electron chi connectivity index (χ1n) is 27.6. The lowest BCUT2D eigenvalue weighted by Crippen LogP contribution is -2.45. The second kappa shape index (κ2) is 52.0. The summed E-state index contributed by atoms with van der Waals surface area (Å²) in [6, 6.07) is -0.544. The van der Waals surface area contributed by atoms with Crippen molar-refractivity contribution < 1.29 is 24.5 Å². The zero-order valence-electron chi connectivity index (χ0n) is 41.6. The van der Waals surface area contributed by atoms with E-state index in [0.29, 0.717) is 25.9 Å². The van der Waals surface area contributed by atoms with Crippen molar-refractivity contribution in [2.45, 2.75) is 309 Å². The van der Waals surface area contributed by atoms with E-state index in [2.05, 4.69) is 43.5 Å². The summed E-state index contributed by atoms with van der Waals surface area (Å²) in [5.41, 5.74) is 0. The summed E-state index contributed by atoms with van der Waals surface area (Å²) in [6.45, 7) is 4.84. The summed E-state index contributed by atoms with van der Waals surface area (Å²) < 4.78 is 5.39. The van der Waals surface area contributed by atoms with E-state index in [1.807, 2.05) is 0 Å². The van der Waals surface area contributed by atoms with E-state index in [-0.39, 0.29) is 18.5 Å². The molecule has 0 aromatic heterocycles. The third kappa shape index (κ3) is 47.8. The fraction of sp³-hybridized carbons (Fsp3) is 0.893. The highest BCUT2D eigenvalue weighted by molar-refractivity contribution is 5.76. The molecule has 0 aliphatic carbocycles. The van der Waals surface area contributed by atoms with Crippen LogP contribution in [0.1, 0.15) is 296 Å². The van der Waals surface area contributed by atoms with Gasteiger partial charge >= 0.3 is 5.97 Å². The van der Waals surface area contributed by atoms with Gasteiger partial charge < -0.3 is 20.3 Å². The Hall–Kier alpha value is -1.66. The van der Waals surface area contributed by atoms with Gasteiger partial charge in [-0.2, -0.15) is 0 Å². The summed E-state index contributed by atoms with van der Waals surface area (Å²) in [7, 11) is 0. The molecule has 0 saturated carbocycles. The topological polar surface area (TPSA) is 95.9 Å². The van der Waals surface area contributed by atoms with Gasteiger partial charge in [0.25, 0.3) is 0 Å². The lowest BCUT2D eigenvalue weighted by atomic mass is 10.0. The van der Waals surface area contributed by atoms with Gasteiger partial charge in [0.1, 0.15) is 0 Å². The maximum Gasteiger partial charge on any atom is 0.305 e. The molecule has 0 fully saturated rings. The Morgan fingerprint density at radius 1 is 0.452 bits per heavy atom. The summed E-state index contributed by atoms with van der Waals surface area (Å²) in [6.07, 6.45) is 61.8. The minimum Gasteiger partial charge on any atom is -0.465 e. The van der Waals surface area contributed by atoms with Gasteiger partial charge in [-0.3, -0.25) is 9.59 Å². The van der Waals surface area contributed by atoms with Crippen LogP contribution in [-0.2, 0) is 14.3 Å². The molecule has 0 bridgehead atoms. The third-order valence-electron chi connectivity index (χ3n) is 12.8. The Bertz CT molecular complexity index is 966. The molecule has 0 aromatic carbocycles. The number of ether oxygens (including phenoxy) is 1. The Morgan fingerprint density at radius 2 is 0.806 bits per heavy atom. The van der Waals surface area contributed by atoms with Gasteiger partial charge in [-0.05, 0) is 44.9 Å². The Labute approximate surface area is 386 Å². The van der Waals surface area contributed by atoms with Crippen LogP contribution in [-0.4, -0.2) is 47.4 Å². The maximum absolute atomic E-state index is 12.4. The quantitative estimate of drug-likeness (QED) is 0.0321. The highest BCUT2D eigenvalue weighted by Gasteiger charge is 2.20. The number of carbonyl (C=O) groups is 2. The van der Waals surface area contributed by atoms with Crippen molar-refractivity contribution in [3.63, 3.8) is 0 Å². The molecular weight excluding hydrogens is 767 g/mol. The van der Waals surface area contributed by atoms with E-state index in [1.165, 1.54) is 212 Å². The molecule has 6 heteroatoms. The van der Waals surface area contributed by atoms with E-state index >= 15 is 0 Å². The van der Waals surface area contributed by atoms with Gasteiger partial charge in [-0.1, -0.05) is 263 Å². The average Bonchev–Trinajstić information content (AvgIpc) is 3.27. The van der Waals surface area contributed by atoms with Crippen LogP contribution in [0.5, 0.6) is 0 Å². The molecular formula is C56H107NO5. The molecule has 0 spiro atoms. The zero-order chi connectivity index (χ0) is 45.1. The fourth-order valence-corrected chi connectivity index (χ4v) is 8.54. The summed E-state index contributed by atoms with van der Waals surface area (Å²) in [5, 5.41) is 23.2. The molecule has 0 radical (unpaired) electrons. The second-order valence-electron chi connectivity index (χ2n) is 18.9. The van der Waals surface area contributed by atoms with Gasteiger partial charge in [0.15, 0.2) is 0 Å². The van der Waals surface area contributed by atoms with Crippen molar-refractivity contribution >= 4 is 11.9 Å². The number of aliphatic hydroxyl groups is 2. The number of unbranched alkanes of at least 4 members (excludes halogenated alkanes) is 36. The second-order valence-corrected chi connectivity index (χ2v) is 18.9. The number of nitrogens with one attached hydrogen (secondary N) is 1. The largest absolute Gasteiger partial charge is 0.465 e. The van der Waals surface area contributed by atoms with Gasteiger partial charge in [-0.15, -0.1) is 0 Å². The number of rotatable bonds is 51. The van der Waals surface area contributed by atoms with Crippen LogP contribution in [0.25, 0.3) is 0 Å². The molecule has 0 aliphatic rings. The molecule has 0 rings (SSSR count). The van der Waals surface area contributed by atoms with E-state index in [4.69, 9.17) is 4.74 Å². The minimum atomic E-state index is -0.666. The lowest BCUT2D eigenvalue weighted by molar-refractivity contribution is -0.143. The number of hydrogen-bond acceptors (Lipinski definition) is 5. The Morgan fingerprint density at radius 3 is 1.23 bits per heavy atom. The van der Waals surface area contributed by atoms with Crippen LogP contribution in [0, 0.1) is 0 Å². The van der Waals surface area contributed by atoms with Gasteiger partial charge in [0.2, 0.25) is 5.91 Å². The van der Waals surface area contributed by atoms with Crippen molar-refractivity contribution in [2.24, 2.45) is 0 Å². The van der Waals surface area contributed by atoms with Crippen LogP contribution in [0.15, 0.2) is 24.3 Å². The van der Waals surface area contributed by atoms with Crippen molar-refractivity contribution in [1.29, 1.82) is 0 Å². The first-order chi connectivity index (χ1) is 30.5. The molecule has 3 N–H and O–H groups in total. The lowest BCUT2D eigenvalue weighted by Gasteiger charge is -2.22. The number of esters is 1. The fourth-order valence-electron chi connectivity index (χ4n) is 8.54. The Balaban J connectivity index is 3.45. The smallest absolute Gasteiger partial charge is 0.305 e. The van der Waals surface area contributed by atoms with E-state index in [1.54, 1.807) is 0 Å². The Kier molecular flexibility index (Phi) is 50.6. The molecule has 1 amide bonds. The molecule has 0 aliphatic heterocycles. The minimum absolute atomic E-state index is 0.0356. The van der Waals surface area contributed by atoms with Crippen molar-refractivity contribution in [1.82, 2.24) is 5.32 Å². The van der Waals surface area contributed by atoms with Crippen LogP contribution in [0.3, 0.4) is 0 Å². The number of allylic oxidation sites excluding steroid dienone is 3. The van der Waals surface area contributed by atoms with Crippen molar-refractivity contribution in [3.05, 3.63) is 24.3 Å². The summed E-state index contributed by atoms with van der Waals surface area (Å²) in [5.74, 6) is -0.0749. The monoisotopic (exact) mass is 874 g/mol. The average molecular weight is 874 g/mol. The third-order valence-corrected chi connectivity index (χ3v) is 12.8. The molecule has 0 aromatic rings. The molecule has 2 atom stereocenters. The number of aliphatic hydroxyl groups excluding tert-OH is 2. The van der Waals surface area contributed by atoms with Crippen LogP contribution in [0.4, 0.5) is 0 Å². The van der Waals surface area contributed by atoms with Crippen LogP contribution < -0.4 is 5.32 Å². The van der Waals surface area contributed by atoms with Crippen LogP contribution in [0.2, 0.25) is 0 Å². The van der Waals surface area contributed by atoms with E-state index in [0.717, 1.165) is 51.4 Å². The number of hydrogen-bond donors (Lipinski definition) is 3. The van der Waals surface area contributed by atoms with E-state index < -0.39 is 12.1 Å². The highest BCUT2D eigenvalue weighted by Crippen LogP contribution is 2.17. The predicted molar refractivity (Wildman–Crippen MR) is 269 cm³/mol. The molecule has 6 nitrogen and oxygen atoms in total. The van der Waals surface area contributed by atoms with Gasteiger partial charge in [-0.25, -0.2) is 0 Å². The van der Waals surface area contributed by atoms with Crippen LogP contribution >= 0.6 is 0 Å². The standard InChI is InChI=1S/C56H107NO5/c1-3-5-7-9-11-13-15-25-29-32-36-40-44-48-54(59)53(52-58)57-55(60)49-45-41-37-33-30-26-23-21-19-17-16-18-20-22-24-27-31-35-39-43-47-51-62-56(61)50-46-42-38-34-28-14-12-10-8-6-4-2/h27,31,39,43,53-54,58-59H,3-26,28-30,32-38,40-42,44-52H2,1-2H3,(H,57,60)/b31-27-,43-39-. The van der Waals surface area contributed by atoms with E-state index in [9.17, 15) is 19.8 Å². The van der Waals surface area contributed by atoms with Crippen molar-refractivity contribution in [3.8, 4) is 0 Å². The molecule has 366 valence electrons. The van der Waals surface area contributed by atoms with Gasteiger partial charge in [0, 0.05) is 12.8 Å². The molecule has 0 heterocycles. The SMILES string of the molecule is CCCCCCCCCCCCCCCC(O)C(CO)NC(=O)CCCCCCCCCCCCCCCC/C=C\C/C=C\CCOC(=O)CCCCCCCCCCCCC. The predicted octanol–water partition coefficient (Wildman–Crippen LogP) is 16.7. The van der Waals surface area contributed by atoms with Crippen molar-refractivity contribution in [2.75, 3.05) is 13.2 Å². The zero-order valence-corrected chi connectivity index (χ0v) is 41.6.